The molecular weight excluding hydrogens is 596 g/mol. The maximum Gasteiger partial charge on any atom is 0.306 e. The molecule has 0 bridgehead atoms. The molecule has 0 aliphatic rings. The maximum atomic E-state index is 12.2. The van der Waals surface area contributed by atoms with Crippen molar-refractivity contribution in [3.63, 3.8) is 0 Å². The number of aliphatic hydroxyl groups is 1. The van der Waals surface area contributed by atoms with Crippen molar-refractivity contribution < 1.29 is 24.2 Å². The molecule has 0 heterocycles. The summed E-state index contributed by atoms with van der Waals surface area (Å²) in [6, 6.07) is 0. The van der Waals surface area contributed by atoms with Gasteiger partial charge in [-0.25, -0.2) is 0 Å². The third-order valence-electron chi connectivity index (χ3n) is 7.66. The number of allylic oxidation sites excluding steroid dienone is 14. The lowest BCUT2D eigenvalue weighted by Gasteiger charge is -2.15. The highest BCUT2D eigenvalue weighted by molar-refractivity contribution is 5.70. The van der Waals surface area contributed by atoms with Gasteiger partial charge in [0.1, 0.15) is 6.61 Å². The molecule has 0 saturated carbocycles. The molecule has 0 unspecified atom stereocenters. The molecule has 0 amide bonds. The van der Waals surface area contributed by atoms with E-state index in [1.54, 1.807) is 0 Å². The minimum Gasteiger partial charge on any atom is -0.462 e. The SMILES string of the molecule is CCCCC/C=C\C/C=C\C/C=C\C/C=C\CCCCCC(=O)O[C@@H](CO)COC(=O)CCCC/C=C\C/C=C\C/C=C\CCCCC. The molecule has 0 rings (SSSR count). The Labute approximate surface area is 295 Å². The fourth-order valence-electron chi connectivity index (χ4n) is 4.72. The van der Waals surface area contributed by atoms with Crippen LogP contribution in [-0.4, -0.2) is 36.4 Å². The highest BCUT2D eigenvalue weighted by Crippen LogP contribution is 2.08. The molecule has 0 radical (unpaired) electrons. The zero-order valence-corrected chi connectivity index (χ0v) is 30.7. The summed E-state index contributed by atoms with van der Waals surface area (Å²) in [6.45, 7) is 4.00. The van der Waals surface area contributed by atoms with E-state index in [4.69, 9.17) is 9.47 Å². The van der Waals surface area contributed by atoms with E-state index >= 15 is 0 Å². The first kappa shape index (κ1) is 45.1. The zero-order valence-electron chi connectivity index (χ0n) is 30.7. The van der Waals surface area contributed by atoms with Crippen LogP contribution in [0, 0.1) is 0 Å². The second-order valence-electron chi connectivity index (χ2n) is 12.3. The van der Waals surface area contributed by atoms with Crippen molar-refractivity contribution >= 4 is 11.9 Å². The topological polar surface area (TPSA) is 72.8 Å². The van der Waals surface area contributed by atoms with Crippen LogP contribution in [0.5, 0.6) is 0 Å². The fourth-order valence-corrected chi connectivity index (χ4v) is 4.72. The fraction of sp³-hybridized carbons (Fsp3) is 0.628. The standard InChI is InChI=1S/C43H70O5/c1-3-5-7-9-11-13-15-17-19-20-21-22-24-26-28-30-32-34-36-38-43(46)48-41(39-44)40-47-42(45)37-35-33-31-29-27-25-23-18-16-14-12-10-8-6-4-2/h11-14,17-19,21-23,26-29,41,44H,3-10,15-16,20,24-25,30-40H2,1-2H3/b13-11-,14-12-,19-17-,22-21-,23-18-,28-26-,29-27-/t41-/m0/s1. The van der Waals surface area contributed by atoms with Crippen molar-refractivity contribution in [2.45, 2.75) is 161 Å². The van der Waals surface area contributed by atoms with Crippen LogP contribution in [0.2, 0.25) is 0 Å². The summed E-state index contributed by atoms with van der Waals surface area (Å²) in [5.74, 6) is -0.681. The minimum absolute atomic E-state index is 0.104. The first-order valence-corrected chi connectivity index (χ1v) is 19.1. The molecule has 0 fully saturated rings. The number of carbonyl (C=O) groups excluding carboxylic acids is 2. The summed E-state index contributed by atoms with van der Waals surface area (Å²) < 4.78 is 10.5. The zero-order chi connectivity index (χ0) is 35.0. The highest BCUT2D eigenvalue weighted by Gasteiger charge is 2.16. The molecular formula is C43H70O5. The molecule has 0 saturated heterocycles. The number of unbranched alkanes of at least 4 members (excludes halogenated alkanes) is 11. The highest BCUT2D eigenvalue weighted by atomic mass is 16.6. The maximum absolute atomic E-state index is 12.2. The summed E-state index contributed by atoms with van der Waals surface area (Å²) in [5.41, 5.74) is 0. The molecule has 0 spiro atoms. The number of aliphatic hydroxyl groups excluding tert-OH is 1. The van der Waals surface area contributed by atoms with Gasteiger partial charge in [0.25, 0.3) is 0 Å². The Morgan fingerprint density at radius 3 is 1.25 bits per heavy atom. The number of carbonyl (C=O) groups is 2. The molecule has 0 aliphatic carbocycles. The van der Waals surface area contributed by atoms with E-state index < -0.39 is 6.10 Å². The van der Waals surface area contributed by atoms with Gasteiger partial charge in [0.15, 0.2) is 6.10 Å². The van der Waals surface area contributed by atoms with Gasteiger partial charge in [-0.3, -0.25) is 9.59 Å². The van der Waals surface area contributed by atoms with Crippen LogP contribution in [0.3, 0.4) is 0 Å². The summed E-state index contributed by atoms with van der Waals surface area (Å²) in [7, 11) is 0. The normalized spacial score (nSPS) is 13.1. The van der Waals surface area contributed by atoms with E-state index in [9.17, 15) is 14.7 Å². The van der Waals surface area contributed by atoms with Gasteiger partial charge in [0.05, 0.1) is 6.61 Å². The number of ether oxygens (including phenoxy) is 2. The Kier molecular flexibility index (Phi) is 36.2. The van der Waals surface area contributed by atoms with Gasteiger partial charge in [-0.1, -0.05) is 131 Å². The first-order valence-electron chi connectivity index (χ1n) is 19.1. The third-order valence-corrected chi connectivity index (χ3v) is 7.66. The Hall–Kier alpha value is -2.92. The van der Waals surface area contributed by atoms with Crippen LogP contribution in [0.1, 0.15) is 155 Å². The molecule has 1 N–H and O–H groups in total. The van der Waals surface area contributed by atoms with Crippen LogP contribution in [-0.2, 0) is 19.1 Å². The van der Waals surface area contributed by atoms with Crippen molar-refractivity contribution in [3.05, 3.63) is 85.1 Å². The second-order valence-corrected chi connectivity index (χ2v) is 12.3. The summed E-state index contributed by atoms with van der Waals surface area (Å²) in [4.78, 5) is 24.2. The van der Waals surface area contributed by atoms with Crippen molar-refractivity contribution in [2.24, 2.45) is 0 Å². The van der Waals surface area contributed by atoms with Crippen molar-refractivity contribution in [1.29, 1.82) is 0 Å². The number of esters is 2. The van der Waals surface area contributed by atoms with E-state index in [0.717, 1.165) is 77.0 Å². The van der Waals surface area contributed by atoms with Gasteiger partial charge in [0.2, 0.25) is 0 Å². The van der Waals surface area contributed by atoms with E-state index in [1.807, 2.05) is 0 Å². The predicted molar refractivity (Wildman–Crippen MR) is 205 cm³/mol. The molecule has 1 atom stereocenters. The summed E-state index contributed by atoms with van der Waals surface area (Å²) in [5, 5.41) is 9.54. The van der Waals surface area contributed by atoms with E-state index in [-0.39, 0.29) is 25.2 Å². The van der Waals surface area contributed by atoms with Gasteiger partial charge in [0, 0.05) is 12.8 Å². The molecule has 272 valence electrons. The molecule has 48 heavy (non-hydrogen) atoms. The van der Waals surface area contributed by atoms with Crippen LogP contribution >= 0.6 is 0 Å². The Morgan fingerprint density at radius 2 is 0.833 bits per heavy atom. The lowest BCUT2D eigenvalue weighted by atomic mass is 10.1. The lowest BCUT2D eigenvalue weighted by molar-refractivity contribution is -0.161. The number of hydrogen-bond acceptors (Lipinski definition) is 5. The molecule has 0 aromatic heterocycles. The number of rotatable bonds is 33. The average Bonchev–Trinajstić information content (AvgIpc) is 3.09. The van der Waals surface area contributed by atoms with E-state index in [2.05, 4.69) is 98.9 Å². The van der Waals surface area contributed by atoms with Gasteiger partial charge in [-0.2, -0.15) is 0 Å². The summed E-state index contributed by atoms with van der Waals surface area (Å²) >= 11 is 0. The minimum atomic E-state index is -0.808. The quantitative estimate of drug-likeness (QED) is 0.0429. The molecule has 0 aromatic carbocycles. The van der Waals surface area contributed by atoms with Gasteiger partial charge >= 0.3 is 11.9 Å². The van der Waals surface area contributed by atoms with Crippen molar-refractivity contribution in [2.75, 3.05) is 13.2 Å². The lowest BCUT2D eigenvalue weighted by Crippen LogP contribution is -2.28. The van der Waals surface area contributed by atoms with Gasteiger partial charge in [-0.15, -0.1) is 0 Å². The molecule has 5 nitrogen and oxygen atoms in total. The van der Waals surface area contributed by atoms with Crippen molar-refractivity contribution in [1.82, 2.24) is 0 Å². The monoisotopic (exact) mass is 667 g/mol. The second kappa shape index (κ2) is 38.5. The first-order chi connectivity index (χ1) is 23.6. The van der Waals surface area contributed by atoms with Crippen LogP contribution in [0.15, 0.2) is 85.1 Å². The largest absolute Gasteiger partial charge is 0.462 e. The van der Waals surface area contributed by atoms with E-state index in [1.165, 1.54) is 51.4 Å². The molecule has 0 aromatic rings. The Bertz CT molecular complexity index is 937. The molecule has 0 aliphatic heterocycles. The van der Waals surface area contributed by atoms with E-state index in [0.29, 0.717) is 12.8 Å². The Morgan fingerprint density at radius 1 is 0.479 bits per heavy atom. The van der Waals surface area contributed by atoms with Crippen LogP contribution in [0.25, 0.3) is 0 Å². The summed E-state index contributed by atoms with van der Waals surface area (Å²) in [6.07, 6.45) is 52.1. The van der Waals surface area contributed by atoms with Crippen molar-refractivity contribution in [3.8, 4) is 0 Å². The third kappa shape index (κ3) is 35.9. The number of hydrogen-bond donors (Lipinski definition) is 1. The average molecular weight is 667 g/mol. The van der Waals surface area contributed by atoms with Crippen LogP contribution < -0.4 is 0 Å². The smallest absolute Gasteiger partial charge is 0.306 e. The predicted octanol–water partition coefficient (Wildman–Crippen LogP) is 11.9. The Balaban J connectivity index is 3.74. The van der Waals surface area contributed by atoms with Crippen LogP contribution in [0.4, 0.5) is 0 Å². The van der Waals surface area contributed by atoms with Gasteiger partial charge in [-0.05, 0) is 96.3 Å². The molecule has 5 heteroatoms. The van der Waals surface area contributed by atoms with Gasteiger partial charge < -0.3 is 14.6 Å².